The fourth-order valence-electron chi connectivity index (χ4n) is 2.21. The molecule has 2 rings (SSSR count). The Morgan fingerprint density at radius 2 is 2.32 bits per heavy atom. The molecule has 1 atom stereocenters. The summed E-state index contributed by atoms with van der Waals surface area (Å²) in [5.74, 6) is -0.328. The molecule has 2 N–H and O–H groups in total. The zero-order valence-electron chi connectivity index (χ0n) is 10.8. The summed E-state index contributed by atoms with van der Waals surface area (Å²) in [5.41, 5.74) is 6.27. The van der Waals surface area contributed by atoms with Gasteiger partial charge < -0.3 is 15.4 Å². The van der Waals surface area contributed by atoms with Gasteiger partial charge in [-0.1, -0.05) is 12.1 Å². The molecule has 1 saturated heterocycles. The van der Waals surface area contributed by atoms with E-state index in [0.717, 1.165) is 18.4 Å². The fraction of sp³-hybridized carbons (Fsp3) is 0.500. The van der Waals surface area contributed by atoms with Crippen LogP contribution in [0.3, 0.4) is 0 Å². The standard InChI is InChI=1S/C14H19FN2O2/c15-12-4-1-3-11(7-12)8-17-9-13(5-2-6-16)19-10-14(17)18/h1,3-4,7,13H,2,5-6,8-10,16H2. The maximum absolute atomic E-state index is 13.1. The minimum atomic E-state index is -0.280. The Morgan fingerprint density at radius 1 is 1.47 bits per heavy atom. The fourth-order valence-corrected chi connectivity index (χ4v) is 2.21. The first kappa shape index (κ1) is 14.0. The number of nitrogens with zero attached hydrogens (tertiary/aromatic N) is 1. The quantitative estimate of drug-likeness (QED) is 0.873. The number of hydrogen-bond acceptors (Lipinski definition) is 3. The molecule has 1 unspecified atom stereocenters. The number of nitrogens with two attached hydrogens (primary N) is 1. The van der Waals surface area contributed by atoms with E-state index in [0.29, 0.717) is 19.6 Å². The van der Waals surface area contributed by atoms with Crippen LogP contribution in [-0.4, -0.2) is 36.6 Å². The molecule has 5 heteroatoms. The molecular formula is C14H19FN2O2. The molecule has 1 aliphatic heterocycles. The molecule has 0 bridgehead atoms. The Bertz CT molecular complexity index is 439. The second-order valence-electron chi connectivity index (χ2n) is 4.77. The lowest BCUT2D eigenvalue weighted by Gasteiger charge is -2.32. The average molecular weight is 266 g/mol. The van der Waals surface area contributed by atoms with Crippen molar-refractivity contribution >= 4 is 5.91 Å². The van der Waals surface area contributed by atoms with Crippen LogP contribution >= 0.6 is 0 Å². The van der Waals surface area contributed by atoms with E-state index in [1.54, 1.807) is 11.0 Å². The highest BCUT2D eigenvalue weighted by Gasteiger charge is 2.25. The second-order valence-corrected chi connectivity index (χ2v) is 4.77. The van der Waals surface area contributed by atoms with Gasteiger partial charge in [0.25, 0.3) is 0 Å². The molecule has 1 aromatic rings. The van der Waals surface area contributed by atoms with Gasteiger partial charge in [-0.05, 0) is 37.1 Å². The lowest BCUT2D eigenvalue weighted by atomic mass is 10.1. The van der Waals surface area contributed by atoms with E-state index in [9.17, 15) is 9.18 Å². The van der Waals surface area contributed by atoms with Crippen LogP contribution in [-0.2, 0) is 16.1 Å². The molecule has 1 amide bonds. The molecule has 0 radical (unpaired) electrons. The molecule has 19 heavy (non-hydrogen) atoms. The van der Waals surface area contributed by atoms with Gasteiger partial charge in [-0.2, -0.15) is 0 Å². The number of ether oxygens (including phenoxy) is 1. The second kappa shape index (κ2) is 6.63. The maximum Gasteiger partial charge on any atom is 0.248 e. The molecule has 4 nitrogen and oxygen atoms in total. The molecule has 104 valence electrons. The summed E-state index contributed by atoms with van der Waals surface area (Å²) in [7, 11) is 0. The van der Waals surface area contributed by atoms with E-state index in [4.69, 9.17) is 10.5 Å². The first-order valence-electron chi connectivity index (χ1n) is 6.53. The third kappa shape index (κ3) is 4.01. The van der Waals surface area contributed by atoms with Gasteiger partial charge in [0.05, 0.1) is 6.10 Å². The first-order valence-corrected chi connectivity index (χ1v) is 6.53. The highest BCUT2D eigenvalue weighted by atomic mass is 19.1. The summed E-state index contributed by atoms with van der Waals surface area (Å²) >= 11 is 0. The predicted octanol–water partition coefficient (Wildman–Crippen LogP) is 1.29. The highest BCUT2D eigenvalue weighted by molar-refractivity contribution is 5.78. The SMILES string of the molecule is NCCCC1CN(Cc2cccc(F)c2)C(=O)CO1. The predicted molar refractivity (Wildman–Crippen MR) is 69.8 cm³/mol. The van der Waals surface area contributed by atoms with Crippen molar-refractivity contribution in [3.63, 3.8) is 0 Å². The Hall–Kier alpha value is -1.46. The van der Waals surface area contributed by atoms with Crippen LogP contribution in [0.4, 0.5) is 4.39 Å². The molecule has 0 spiro atoms. The smallest absolute Gasteiger partial charge is 0.248 e. The number of halogens is 1. The molecule has 1 aromatic carbocycles. The number of carbonyl (C=O) groups is 1. The lowest BCUT2D eigenvalue weighted by molar-refractivity contribution is -0.150. The van der Waals surface area contributed by atoms with Crippen LogP contribution < -0.4 is 5.73 Å². The van der Waals surface area contributed by atoms with Gasteiger partial charge in [0.15, 0.2) is 0 Å². The van der Waals surface area contributed by atoms with Crippen molar-refractivity contribution in [2.45, 2.75) is 25.5 Å². The number of hydrogen-bond donors (Lipinski definition) is 1. The van der Waals surface area contributed by atoms with E-state index >= 15 is 0 Å². The van der Waals surface area contributed by atoms with Crippen LogP contribution in [0.15, 0.2) is 24.3 Å². The minimum absolute atomic E-state index is 0.0369. The number of rotatable bonds is 5. The van der Waals surface area contributed by atoms with Crippen molar-refractivity contribution < 1.29 is 13.9 Å². The van der Waals surface area contributed by atoms with E-state index in [1.165, 1.54) is 12.1 Å². The highest BCUT2D eigenvalue weighted by Crippen LogP contribution is 2.15. The summed E-state index contributed by atoms with van der Waals surface area (Å²) in [6, 6.07) is 6.33. The van der Waals surface area contributed by atoms with Crippen LogP contribution in [0.1, 0.15) is 18.4 Å². The zero-order valence-corrected chi connectivity index (χ0v) is 10.8. The van der Waals surface area contributed by atoms with E-state index in [1.807, 2.05) is 6.07 Å². The topological polar surface area (TPSA) is 55.6 Å². The van der Waals surface area contributed by atoms with E-state index in [-0.39, 0.29) is 24.4 Å². The summed E-state index contributed by atoms with van der Waals surface area (Å²) < 4.78 is 18.6. The third-order valence-electron chi connectivity index (χ3n) is 3.21. The molecule has 1 aliphatic rings. The average Bonchev–Trinajstić information content (AvgIpc) is 2.40. The maximum atomic E-state index is 13.1. The first-order chi connectivity index (χ1) is 9.19. The minimum Gasteiger partial charge on any atom is -0.367 e. The largest absolute Gasteiger partial charge is 0.367 e. The molecule has 1 heterocycles. The van der Waals surface area contributed by atoms with Gasteiger partial charge >= 0.3 is 0 Å². The summed E-state index contributed by atoms with van der Waals surface area (Å²) in [4.78, 5) is 13.5. The summed E-state index contributed by atoms with van der Waals surface area (Å²) in [5, 5.41) is 0. The van der Waals surface area contributed by atoms with Crippen molar-refractivity contribution in [3.8, 4) is 0 Å². The van der Waals surface area contributed by atoms with Crippen LogP contribution in [0.5, 0.6) is 0 Å². The van der Waals surface area contributed by atoms with Crippen molar-refractivity contribution in [2.24, 2.45) is 5.73 Å². The van der Waals surface area contributed by atoms with Crippen LogP contribution in [0, 0.1) is 5.82 Å². The van der Waals surface area contributed by atoms with Crippen molar-refractivity contribution in [3.05, 3.63) is 35.6 Å². The monoisotopic (exact) mass is 266 g/mol. The molecule has 1 fully saturated rings. The van der Waals surface area contributed by atoms with E-state index < -0.39 is 0 Å². The number of carbonyl (C=O) groups excluding carboxylic acids is 1. The van der Waals surface area contributed by atoms with Crippen molar-refractivity contribution in [1.82, 2.24) is 4.90 Å². The van der Waals surface area contributed by atoms with Crippen LogP contribution in [0.25, 0.3) is 0 Å². The number of morpholine rings is 1. The van der Waals surface area contributed by atoms with E-state index in [2.05, 4.69) is 0 Å². The third-order valence-corrected chi connectivity index (χ3v) is 3.21. The molecule has 0 saturated carbocycles. The normalized spacial score (nSPS) is 19.8. The molecule has 0 aromatic heterocycles. The summed E-state index contributed by atoms with van der Waals surface area (Å²) in [6.07, 6.45) is 1.77. The van der Waals surface area contributed by atoms with Gasteiger partial charge in [0.2, 0.25) is 5.91 Å². The Morgan fingerprint density at radius 3 is 3.05 bits per heavy atom. The van der Waals surface area contributed by atoms with Gasteiger partial charge in [0, 0.05) is 13.1 Å². The summed E-state index contributed by atoms with van der Waals surface area (Å²) in [6.45, 7) is 1.71. The van der Waals surface area contributed by atoms with Crippen molar-refractivity contribution in [2.75, 3.05) is 19.7 Å². The number of benzene rings is 1. The molecular weight excluding hydrogens is 247 g/mol. The van der Waals surface area contributed by atoms with Gasteiger partial charge in [-0.25, -0.2) is 4.39 Å². The zero-order chi connectivity index (χ0) is 13.7. The van der Waals surface area contributed by atoms with Gasteiger partial charge in [0.1, 0.15) is 12.4 Å². The number of amides is 1. The Kier molecular flexibility index (Phi) is 4.87. The van der Waals surface area contributed by atoms with Crippen molar-refractivity contribution in [1.29, 1.82) is 0 Å². The lowest BCUT2D eigenvalue weighted by Crippen LogP contribution is -2.46. The van der Waals surface area contributed by atoms with Gasteiger partial charge in [-0.15, -0.1) is 0 Å². The molecule has 0 aliphatic carbocycles. The van der Waals surface area contributed by atoms with Crippen LogP contribution in [0.2, 0.25) is 0 Å². The Balaban J connectivity index is 1.95. The Labute approximate surface area is 112 Å². The van der Waals surface area contributed by atoms with Gasteiger partial charge in [-0.3, -0.25) is 4.79 Å².